The molecule has 6 nitrogen and oxygen atoms in total. The van der Waals surface area contributed by atoms with Gasteiger partial charge in [-0.25, -0.2) is 4.79 Å². The number of imide groups is 1. The topological polar surface area (TPSA) is 69.7 Å². The number of hydrogen-bond donors (Lipinski definition) is 1. The van der Waals surface area contributed by atoms with Crippen LogP contribution in [0.4, 0.5) is 4.79 Å². The Kier molecular flexibility index (Phi) is 5.31. The number of hydrogen-bond acceptors (Lipinski definition) is 4. The number of carbonyl (C=O) groups excluding carboxylic acids is 3. The molecule has 0 aliphatic carbocycles. The number of amides is 4. The monoisotopic (exact) mass is 357 g/mol. The molecule has 1 N–H and O–H groups in total. The lowest BCUT2D eigenvalue weighted by Gasteiger charge is -2.23. The summed E-state index contributed by atoms with van der Waals surface area (Å²) in [5.41, 5.74) is -0.878. The second-order valence-electron chi connectivity index (χ2n) is 5.57. The Labute approximate surface area is 144 Å². The van der Waals surface area contributed by atoms with Gasteiger partial charge in [0.1, 0.15) is 12.1 Å². The number of thiophene rings is 1. The number of halogens is 1. The summed E-state index contributed by atoms with van der Waals surface area (Å²) in [6.45, 7) is 3.84. The molecule has 4 amide bonds. The van der Waals surface area contributed by atoms with Crippen LogP contribution < -0.4 is 5.32 Å². The second kappa shape index (κ2) is 6.88. The molecule has 126 valence electrons. The first kappa shape index (κ1) is 17.7. The fourth-order valence-corrected chi connectivity index (χ4v) is 3.70. The molecule has 1 fully saturated rings. The number of rotatable bonds is 6. The Morgan fingerprint density at radius 2 is 2.00 bits per heavy atom. The smallest absolute Gasteiger partial charge is 0.325 e. The molecule has 0 atom stereocenters. The molecule has 2 rings (SSSR count). The largest absolute Gasteiger partial charge is 0.339 e. The van der Waals surface area contributed by atoms with E-state index in [0.717, 1.165) is 9.78 Å². The van der Waals surface area contributed by atoms with Crippen molar-refractivity contribution < 1.29 is 14.4 Å². The summed E-state index contributed by atoms with van der Waals surface area (Å²) < 4.78 is 0.658. The molecule has 1 aliphatic rings. The summed E-state index contributed by atoms with van der Waals surface area (Å²) in [4.78, 5) is 40.3. The minimum Gasteiger partial charge on any atom is -0.339 e. The van der Waals surface area contributed by atoms with Crippen molar-refractivity contribution in [3.63, 3.8) is 0 Å². The van der Waals surface area contributed by atoms with E-state index in [2.05, 4.69) is 5.32 Å². The molecule has 0 bridgehead atoms. The van der Waals surface area contributed by atoms with E-state index in [9.17, 15) is 14.4 Å². The van der Waals surface area contributed by atoms with E-state index in [1.807, 2.05) is 19.9 Å². The zero-order valence-electron chi connectivity index (χ0n) is 13.4. The van der Waals surface area contributed by atoms with Crippen LogP contribution in [-0.2, 0) is 16.1 Å². The lowest BCUT2D eigenvalue weighted by molar-refractivity contribution is -0.138. The van der Waals surface area contributed by atoms with E-state index >= 15 is 0 Å². The zero-order chi connectivity index (χ0) is 17.2. The summed E-state index contributed by atoms with van der Waals surface area (Å²) in [5.74, 6) is -0.616. The zero-order valence-corrected chi connectivity index (χ0v) is 15.0. The molecule has 0 unspecified atom stereocenters. The van der Waals surface area contributed by atoms with Gasteiger partial charge in [0.2, 0.25) is 5.91 Å². The molecule has 0 saturated carbocycles. The van der Waals surface area contributed by atoms with Crippen molar-refractivity contribution in [2.24, 2.45) is 0 Å². The number of likely N-dealkylation sites (N-methyl/N-ethyl adjacent to an activating group) is 1. The molecule has 8 heteroatoms. The molecule has 1 aliphatic heterocycles. The van der Waals surface area contributed by atoms with Crippen LogP contribution in [0.2, 0.25) is 4.34 Å². The first-order valence-electron chi connectivity index (χ1n) is 7.45. The third-order valence-electron chi connectivity index (χ3n) is 4.19. The highest BCUT2D eigenvalue weighted by atomic mass is 35.5. The van der Waals surface area contributed by atoms with Gasteiger partial charge in [-0.15, -0.1) is 11.3 Å². The minimum absolute atomic E-state index is 0.248. The van der Waals surface area contributed by atoms with E-state index in [1.165, 1.54) is 16.2 Å². The van der Waals surface area contributed by atoms with Crippen LogP contribution in [0.5, 0.6) is 0 Å². The number of nitrogens with one attached hydrogen (secondary N) is 1. The maximum Gasteiger partial charge on any atom is 0.325 e. The van der Waals surface area contributed by atoms with Crippen molar-refractivity contribution in [1.82, 2.24) is 15.1 Å². The molecule has 1 aromatic rings. The fourth-order valence-electron chi connectivity index (χ4n) is 2.56. The van der Waals surface area contributed by atoms with Crippen molar-refractivity contribution in [2.45, 2.75) is 38.8 Å². The highest BCUT2D eigenvalue weighted by Gasteiger charge is 2.49. The Bertz CT molecular complexity index is 627. The van der Waals surface area contributed by atoms with Gasteiger partial charge in [0.05, 0.1) is 10.9 Å². The molecule has 0 aromatic carbocycles. The van der Waals surface area contributed by atoms with E-state index in [4.69, 9.17) is 11.6 Å². The number of nitrogens with zero attached hydrogens (tertiary/aromatic N) is 2. The van der Waals surface area contributed by atoms with Gasteiger partial charge in [-0.2, -0.15) is 0 Å². The molecule has 2 heterocycles. The molecule has 1 aromatic heterocycles. The predicted molar refractivity (Wildman–Crippen MR) is 89.4 cm³/mol. The van der Waals surface area contributed by atoms with Crippen LogP contribution in [0.3, 0.4) is 0 Å². The van der Waals surface area contributed by atoms with Gasteiger partial charge < -0.3 is 10.2 Å². The average Bonchev–Trinajstić information content (AvgIpc) is 3.03. The van der Waals surface area contributed by atoms with Crippen molar-refractivity contribution in [3.8, 4) is 0 Å². The normalized spacial score (nSPS) is 16.6. The van der Waals surface area contributed by atoms with Gasteiger partial charge in [-0.3, -0.25) is 14.5 Å². The molecular formula is C15H20ClN3O3S. The van der Waals surface area contributed by atoms with Crippen molar-refractivity contribution in [1.29, 1.82) is 0 Å². The second-order valence-corrected chi connectivity index (χ2v) is 7.37. The molecule has 1 saturated heterocycles. The average molecular weight is 358 g/mol. The number of urea groups is 1. The highest BCUT2D eigenvalue weighted by molar-refractivity contribution is 7.16. The van der Waals surface area contributed by atoms with Gasteiger partial charge in [-0.1, -0.05) is 25.4 Å². The third-order valence-corrected chi connectivity index (χ3v) is 5.41. The molecule has 0 spiro atoms. The SMILES string of the molecule is CCC1(CC)NC(=O)N(CC(=O)N(C)Cc2ccc(Cl)s2)C1=O. The van der Waals surface area contributed by atoms with E-state index in [0.29, 0.717) is 23.7 Å². The van der Waals surface area contributed by atoms with Gasteiger partial charge in [-0.05, 0) is 25.0 Å². The lowest BCUT2D eigenvalue weighted by Crippen LogP contribution is -2.46. The molecule has 0 radical (unpaired) electrons. The Morgan fingerprint density at radius 3 is 2.48 bits per heavy atom. The van der Waals surface area contributed by atoms with E-state index < -0.39 is 11.6 Å². The standard InChI is InChI=1S/C15H20ClN3O3S/c1-4-15(5-2)13(21)19(14(22)17-15)9-12(20)18(3)8-10-6-7-11(16)23-10/h6-7H,4-5,8-9H2,1-3H3,(H,17,22). The van der Waals surface area contributed by atoms with Gasteiger partial charge in [0, 0.05) is 11.9 Å². The van der Waals surface area contributed by atoms with Gasteiger partial charge in [0.15, 0.2) is 0 Å². The summed E-state index contributed by atoms with van der Waals surface area (Å²) in [6.07, 6.45) is 1.00. The van der Waals surface area contributed by atoms with Crippen LogP contribution in [0.25, 0.3) is 0 Å². The van der Waals surface area contributed by atoms with Crippen molar-refractivity contribution in [2.75, 3.05) is 13.6 Å². The maximum atomic E-state index is 12.5. The Morgan fingerprint density at radius 1 is 1.35 bits per heavy atom. The highest BCUT2D eigenvalue weighted by Crippen LogP contribution is 2.25. The van der Waals surface area contributed by atoms with Crippen LogP contribution in [0, 0.1) is 0 Å². The van der Waals surface area contributed by atoms with Crippen LogP contribution in [0.1, 0.15) is 31.6 Å². The quantitative estimate of drug-likeness (QED) is 0.795. The first-order chi connectivity index (χ1) is 10.8. The maximum absolute atomic E-state index is 12.5. The van der Waals surface area contributed by atoms with Crippen LogP contribution in [-0.4, -0.2) is 46.8 Å². The fraction of sp³-hybridized carbons (Fsp3) is 0.533. The third kappa shape index (κ3) is 3.50. The van der Waals surface area contributed by atoms with Crippen LogP contribution in [0.15, 0.2) is 12.1 Å². The Balaban J connectivity index is 2.02. The summed E-state index contributed by atoms with van der Waals surface area (Å²) in [5, 5.41) is 2.72. The van der Waals surface area contributed by atoms with E-state index in [1.54, 1.807) is 13.1 Å². The van der Waals surface area contributed by atoms with E-state index in [-0.39, 0.29) is 18.4 Å². The molecular weight excluding hydrogens is 338 g/mol. The summed E-state index contributed by atoms with van der Waals surface area (Å²) >= 11 is 7.27. The van der Waals surface area contributed by atoms with Gasteiger partial charge in [0.25, 0.3) is 5.91 Å². The Hall–Kier alpha value is -1.60. The van der Waals surface area contributed by atoms with Gasteiger partial charge >= 0.3 is 6.03 Å². The predicted octanol–water partition coefficient (Wildman–Crippen LogP) is 2.47. The minimum atomic E-state index is -0.878. The lowest BCUT2D eigenvalue weighted by atomic mass is 9.93. The van der Waals surface area contributed by atoms with Crippen LogP contribution >= 0.6 is 22.9 Å². The summed E-state index contributed by atoms with van der Waals surface area (Å²) in [6, 6.07) is 3.12. The van der Waals surface area contributed by atoms with Crippen molar-refractivity contribution in [3.05, 3.63) is 21.3 Å². The summed E-state index contributed by atoms with van der Waals surface area (Å²) in [7, 11) is 1.64. The first-order valence-corrected chi connectivity index (χ1v) is 8.64. The number of carbonyl (C=O) groups is 3. The van der Waals surface area contributed by atoms with Crippen molar-refractivity contribution >= 4 is 40.8 Å². The molecule has 23 heavy (non-hydrogen) atoms.